The fourth-order valence-corrected chi connectivity index (χ4v) is 1.44. The van der Waals surface area contributed by atoms with Gasteiger partial charge in [0.15, 0.2) is 0 Å². The van der Waals surface area contributed by atoms with Gasteiger partial charge in [-0.05, 0) is 31.5 Å². The van der Waals surface area contributed by atoms with E-state index >= 15 is 0 Å². The summed E-state index contributed by atoms with van der Waals surface area (Å²) in [6, 6.07) is 7.37. The smallest absolute Gasteiger partial charge is 0.246 e. The molecule has 0 saturated carbocycles. The van der Waals surface area contributed by atoms with E-state index in [1.165, 1.54) is 0 Å². The number of amides is 1. The topological polar surface area (TPSA) is 38.3 Å². The quantitative estimate of drug-likeness (QED) is 0.861. The highest BCUT2D eigenvalue weighted by molar-refractivity contribution is 6.30. The first-order valence-electron chi connectivity index (χ1n) is 5.26. The molecule has 0 aliphatic heterocycles. The van der Waals surface area contributed by atoms with Crippen molar-refractivity contribution in [1.29, 1.82) is 0 Å². The van der Waals surface area contributed by atoms with E-state index in [9.17, 15) is 4.79 Å². The molecule has 0 aliphatic rings. The van der Waals surface area contributed by atoms with Crippen LogP contribution in [0.15, 0.2) is 24.3 Å². The zero-order chi connectivity index (χ0) is 12.0. The molecule has 16 heavy (non-hydrogen) atoms. The number of hydrogen-bond donors (Lipinski definition) is 1. The van der Waals surface area contributed by atoms with E-state index in [1.807, 2.05) is 38.1 Å². The molecule has 4 heteroatoms. The number of hydrogen-bond acceptors (Lipinski definition) is 2. The van der Waals surface area contributed by atoms with Crippen LogP contribution in [0.25, 0.3) is 0 Å². The molecule has 88 valence electrons. The van der Waals surface area contributed by atoms with Crippen LogP contribution in [-0.4, -0.2) is 19.1 Å². The van der Waals surface area contributed by atoms with Gasteiger partial charge in [0.05, 0.1) is 6.04 Å². The van der Waals surface area contributed by atoms with Crippen molar-refractivity contribution in [2.45, 2.75) is 19.9 Å². The number of rotatable bonds is 5. The number of carbonyl (C=O) groups is 1. The molecule has 0 radical (unpaired) electrons. The van der Waals surface area contributed by atoms with Gasteiger partial charge in [0.2, 0.25) is 5.91 Å². The Morgan fingerprint density at radius 2 is 2.06 bits per heavy atom. The summed E-state index contributed by atoms with van der Waals surface area (Å²) in [5.41, 5.74) is 1.02. The minimum atomic E-state index is -0.107. The normalized spacial score (nSPS) is 12.2. The molecule has 0 aromatic heterocycles. The lowest BCUT2D eigenvalue weighted by Crippen LogP contribution is -2.30. The van der Waals surface area contributed by atoms with E-state index in [0.717, 1.165) is 5.56 Å². The zero-order valence-corrected chi connectivity index (χ0v) is 10.3. The van der Waals surface area contributed by atoms with Gasteiger partial charge in [0.25, 0.3) is 0 Å². The van der Waals surface area contributed by atoms with E-state index in [4.69, 9.17) is 16.3 Å². The van der Waals surface area contributed by atoms with Crippen LogP contribution < -0.4 is 5.32 Å². The molecular formula is C12H16ClNO2. The van der Waals surface area contributed by atoms with E-state index in [1.54, 1.807) is 0 Å². The van der Waals surface area contributed by atoms with Crippen molar-refractivity contribution in [2.75, 3.05) is 13.2 Å². The maximum absolute atomic E-state index is 11.4. The lowest BCUT2D eigenvalue weighted by atomic mass is 10.1. The fraction of sp³-hybridized carbons (Fsp3) is 0.417. The second-order valence-electron chi connectivity index (χ2n) is 3.48. The molecule has 0 bridgehead atoms. The van der Waals surface area contributed by atoms with Crippen molar-refractivity contribution in [3.8, 4) is 0 Å². The minimum absolute atomic E-state index is 0.0368. The van der Waals surface area contributed by atoms with Crippen LogP contribution in [0.2, 0.25) is 5.02 Å². The maximum atomic E-state index is 11.4. The van der Waals surface area contributed by atoms with Crippen molar-refractivity contribution in [3.63, 3.8) is 0 Å². The third kappa shape index (κ3) is 4.21. The van der Waals surface area contributed by atoms with Gasteiger partial charge in [-0.15, -0.1) is 0 Å². The molecule has 1 atom stereocenters. The Kier molecular flexibility index (Phi) is 5.29. The van der Waals surface area contributed by atoms with Gasteiger partial charge in [-0.3, -0.25) is 4.79 Å². The SMILES string of the molecule is CCOCC(=O)N[C@@H](C)c1ccc(Cl)cc1. The van der Waals surface area contributed by atoms with Gasteiger partial charge >= 0.3 is 0 Å². The molecule has 1 aromatic rings. The summed E-state index contributed by atoms with van der Waals surface area (Å²) in [4.78, 5) is 11.4. The molecule has 0 heterocycles. The Hall–Kier alpha value is -1.06. The highest BCUT2D eigenvalue weighted by atomic mass is 35.5. The largest absolute Gasteiger partial charge is 0.372 e. The van der Waals surface area contributed by atoms with Crippen LogP contribution in [-0.2, 0) is 9.53 Å². The summed E-state index contributed by atoms with van der Waals surface area (Å²) in [6.07, 6.45) is 0. The van der Waals surface area contributed by atoms with Gasteiger partial charge in [-0.25, -0.2) is 0 Å². The van der Waals surface area contributed by atoms with Crippen LogP contribution >= 0.6 is 11.6 Å². The number of benzene rings is 1. The minimum Gasteiger partial charge on any atom is -0.372 e. The molecule has 0 fully saturated rings. The van der Waals surface area contributed by atoms with E-state index in [0.29, 0.717) is 11.6 Å². The van der Waals surface area contributed by atoms with Gasteiger partial charge in [0.1, 0.15) is 6.61 Å². The summed E-state index contributed by atoms with van der Waals surface area (Å²) >= 11 is 5.78. The molecule has 1 aromatic carbocycles. The summed E-state index contributed by atoms with van der Waals surface area (Å²) in [5.74, 6) is -0.107. The molecule has 1 N–H and O–H groups in total. The number of carbonyl (C=O) groups excluding carboxylic acids is 1. The number of halogens is 1. The van der Waals surface area contributed by atoms with Crippen molar-refractivity contribution < 1.29 is 9.53 Å². The first-order valence-corrected chi connectivity index (χ1v) is 5.64. The second-order valence-corrected chi connectivity index (χ2v) is 3.91. The maximum Gasteiger partial charge on any atom is 0.246 e. The molecule has 3 nitrogen and oxygen atoms in total. The van der Waals surface area contributed by atoms with E-state index < -0.39 is 0 Å². The zero-order valence-electron chi connectivity index (χ0n) is 9.50. The Labute approximate surface area is 101 Å². The van der Waals surface area contributed by atoms with Gasteiger partial charge in [-0.2, -0.15) is 0 Å². The summed E-state index contributed by atoms with van der Waals surface area (Å²) < 4.78 is 5.02. The predicted octanol–water partition coefficient (Wildman–Crippen LogP) is 2.55. The Bertz CT molecular complexity index is 337. The van der Waals surface area contributed by atoms with Crippen molar-refractivity contribution in [1.82, 2.24) is 5.32 Å². The van der Waals surface area contributed by atoms with Crippen molar-refractivity contribution >= 4 is 17.5 Å². The van der Waals surface area contributed by atoms with Crippen LogP contribution in [0.3, 0.4) is 0 Å². The third-order valence-electron chi connectivity index (χ3n) is 2.18. The second kappa shape index (κ2) is 6.51. The lowest BCUT2D eigenvalue weighted by molar-refractivity contribution is -0.126. The Balaban J connectivity index is 2.48. The average molecular weight is 242 g/mol. The van der Waals surface area contributed by atoms with Crippen molar-refractivity contribution in [3.05, 3.63) is 34.9 Å². The molecule has 0 saturated heterocycles. The van der Waals surface area contributed by atoms with Gasteiger partial charge in [-0.1, -0.05) is 23.7 Å². The van der Waals surface area contributed by atoms with Crippen LogP contribution in [0.5, 0.6) is 0 Å². The third-order valence-corrected chi connectivity index (χ3v) is 2.44. The molecule has 0 aliphatic carbocycles. The first-order chi connectivity index (χ1) is 7.63. The van der Waals surface area contributed by atoms with Crippen LogP contribution in [0, 0.1) is 0 Å². The van der Waals surface area contributed by atoms with E-state index in [2.05, 4.69) is 5.32 Å². The molecular weight excluding hydrogens is 226 g/mol. The number of nitrogens with one attached hydrogen (secondary N) is 1. The molecule has 1 rings (SSSR count). The highest BCUT2D eigenvalue weighted by Gasteiger charge is 2.08. The molecule has 0 spiro atoms. The standard InChI is InChI=1S/C12H16ClNO2/c1-3-16-8-12(15)14-9(2)10-4-6-11(13)7-5-10/h4-7,9H,3,8H2,1-2H3,(H,14,15)/t9-/m0/s1. The summed E-state index contributed by atoms with van der Waals surface area (Å²) in [7, 11) is 0. The van der Waals surface area contributed by atoms with Gasteiger partial charge < -0.3 is 10.1 Å². The van der Waals surface area contributed by atoms with Crippen LogP contribution in [0.4, 0.5) is 0 Å². The summed E-state index contributed by atoms with van der Waals surface area (Å²) in [5, 5.41) is 3.53. The fourth-order valence-electron chi connectivity index (χ4n) is 1.31. The Morgan fingerprint density at radius 3 is 2.62 bits per heavy atom. The Morgan fingerprint density at radius 1 is 1.44 bits per heavy atom. The first kappa shape index (κ1) is 13.0. The highest BCUT2D eigenvalue weighted by Crippen LogP contribution is 2.15. The monoisotopic (exact) mass is 241 g/mol. The molecule has 1 amide bonds. The van der Waals surface area contributed by atoms with Crippen molar-refractivity contribution in [2.24, 2.45) is 0 Å². The van der Waals surface area contributed by atoms with E-state index in [-0.39, 0.29) is 18.6 Å². The predicted molar refractivity (Wildman–Crippen MR) is 64.5 cm³/mol. The number of ether oxygens (including phenoxy) is 1. The summed E-state index contributed by atoms with van der Waals surface area (Å²) in [6.45, 7) is 4.43. The van der Waals surface area contributed by atoms with Crippen LogP contribution in [0.1, 0.15) is 25.5 Å². The average Bonchev–Trinajstić information content (AvgIpc) is 2.27. The van der Waals surface area contributed by atoms with Gasteiger partial charge in [0, 0.05) is 11.6 Å². The lowest BCUT2D eigenvalue weighted by Gasteiger charge is -2.14. The molecule has 0 unspecified atom stereocenters.